The number of hydrogen-bond acceptors (Lipinski definition) is 4. The third-order valence-electron chi connectivity index (χ3n) is 3.09. The Morgan fingerprint density at radius 2 is 2.60 bits per heavy atom. The average molecular weight is 226 g/mol. The van der Waals surface area contributed by atoms with E-state index in [2.05, 4.69) is 17.2 Å². The molecule has 0 spiro atoms. The molecular weight excluding hydrogens is 208 g/mol. The number of nitrogens with zero attached hydrogens (tertiary/aromatic N) is 1. The van der Waals surface area contributed by atoms with Crippen LogP contribution in [-0.4, -0.2) is 30.8 Å². The normalized spacial score (nSPS) is 28.1. The second kappa shape index (κ2) is 5.05. The van der Waals surface area contributed by atoms with E-state index in [1.807, 2.05) is 18.6 Å². The maximum absolute atomic E-state index is 5.78. The minimum atomic E-state index is 0.346. The number of nitrogens with one attached hydrogen (secondary N) is 1. The molecule has 1 aliphatic heterocycles. The van der Waals surface area contributed by atoms with E-state index in [4.69, 9.17) is 4.74 Å². The Labute approximate surface area is 94.9 Å². The first-order chi connectivity index (χ1) is 7.31. The summed E-state index contributed by atoms with van der Waals surface area (Å²) < 4.78 is 5.78. The van der Waals surface area contributed by atoms with Crippen molar-refractivity contribution in [3.63, 3.8) is 0 Å². The molecular formula is C11H18N2OS. The minimum Gasteiger partial charge on any atom is -0.376 e. The molecule has 0 bridgehead atoms. The van der Waals surface area contributed by atoms with Crippen LogP contribution in [-0.2, 0) is 11.2 Å². The lowest BCUT2D eigenvalue weighted by Crippen LogP contribution is -2.41. The van der Waals surface area contributed by atoms with Crippen molar-refractivity contribution in [2.24, 2.45) is 5.92 Å². The quantitative estimate of drug-likeness (QED) is 0.848. The maximum Gasteiger partial charge on any atom is 0.0941 e. The van der Waals surface area contributed by atoms with Gasteiger partial charge in [-0.1, -0.05) is 6.92 Å². The van der Waals surface area contributed by atoms with Gasteiger partial charge in [-0.3, -0.25) is 0 Å². The third kappa shape index (κ3) is 2.56. The summed E-state index contributed by atoms with van der Waals surface area (Å²) in [5, 5.41) is 6.57. The Bertz CT molecular complexity index is 289. The second-order valence-corrected chi connectivity index (χ2v) is 5.11. The molecule has 84 valence electrons. The number of aromatic nitrogens is 1. The van der Waals surface area contributed by atoms with Gasteiger partial charge < -0.3 is 10.1 Å². The molecule has 4 heteroatoms. The van der Waals surface area contributed by atoms with Crippen molar-refractivity contribution in [2.45, 2.75) is 31.9 Å². The molecule has 1 aromatic heterocycles. The van der Waals surface area contributed by atoms with Gasteiger partial charge in [-0.2, -0.15) is 0 Å². The first-order valence-electron chi connectivity index (χ1n) is 5.48. The minimum absolute atomic E-state index is 0.346. The predicted octanol–water partition coefficient (Wildman–Crippen LogP) is 1.70. The third-order valence-corrected chi connectivity index (χ3v) is 3.89. The standard InChI is InChI=1S/C11H18N2OS/c1-8-3-5-14-11(8)9(12-2)7-10-13-4-6-15-10/h4,6,8-9,11-12H,3,5,7H2,1-2H3. The topological polar surface area (TPSA) is 34.2 Å². The highest BCUT2D eigenvalue weighted by Crippen LogP contribution is 2.24. The summed E-state index contributed by atoms with van der Waals surface area (Å²) in [7, 11) is 2.01. The lowest BCUT2D eigenvalue weighted by molar-refractivity contribution is 0.0634. The van der Waals surface area contributed by atoms with E-state index >= 15 is 0 Å². The maximum atomic E-state index is 5.78. The SMILES string of the molecule is CNC(Cc1nccs1)C1OCCC1C. The van der Waals surface area contributed by atoms with Crippen LogP contribution < -0.4 is 5.32 Å². The molecule has 2 rings (SSSR count). The van der Waals surface area contributed by atoms with Crippen molar-refractivity contribution < 1.29 is 4.74 Å². The first kappa shape index (κ1) is 11.0. The van der Waals surface area contributed by atoms with E-state index in [9.17, 15) is 0 Å². The predicted molar refractivity (Wildman–Crippen MR) is 62.2 cm³/mol. The van der Waals surface area contributed by atoms with Gasteiger partial charge in [0.2, 0.25) is 0 Å². The van der Waals surface area contributed by atoms with E-state index in [1.54, 1.807) is 11.3 Å². The number of hydrogen-bond donors (Lipinski definition) is 1. The summed E-state index contributed by atoms with van der Waals surface area (Å²) in [6.45, 7) is 3.17. The highest BCUT2D eigenvalue weighted by atomic mass is 32.1. The molecule has 0 radical (unpaired) electrons. The second-order valence-electron chi connectivity index (χ2n) is 4.13. The molecule has 0 aliphatic carbocycles. The van der Waals surface area contributed by atoms with E-state index in [0.717, 1.165) is 13.0 Å². The zero-order valence-corrected chi connectivity index (χ0v) is 10.1. The molecule has 3 atom stereocenters. The Balaban J connectivity index is 1.97. The van der Waals surface area contributed by atoms with E-state index in [0.29, 0.717) is 18.1 Å². The summed E-state index contributed by atoms with van der Waals surface area (Å²) in [5.74, 6) is 0.655. The van der Waals surface area contributed by atoms with Gasteiger partial charge in [-0.05, 0) is 19.4 Å². The molecule has 3 nitrogen and oxygen atoms in total. The van der Waals surface area contributed by atoms with Crippen LogP contribution in [0.2, 0.25) is 0 Å². The van der Waals surface area contributed by atoms with Crippen LogP contribution in [0, 0.1) is 5.92 Å². The van der Waals surface area contributed by atoms with Crippen LogP contribution >= 0.6 is 11.3 Å². The summed E-state index contributed by atoms with van der Waals surface area (Å²) in [6, 6.07) is 0.397. The Kier molecular flexibility index (Phi) is 3.72. The van der Waals surface area contributed by atoms with Crippen LogP contribution in [0.25, 0.3) is 0 Å². The largest absolute Gasteiger partial charge is 0.376 e. The fourth-order valence-corrected chi connectivity index (χ4v) is 2.83. The van der Waals surface area contributed by atoms with Crippen LogP contribution in [0.1, 0.15) is 18.4 Å². The number of thiazole rings is 1. The molecule has 0 aromatic carbocycles. The Hall–Kier alpha value is -0.450. The van der Waals surface area contributed by atoms with Gasteiger partial charge in [0.15, 0.2) is 0 Å². The van der Waals surface area contributed by atoms with Crippen molar-refractivity contribution >= 4 is 11.3 Å². The van der Waals surface area contributed by atoms with E-state index in [1.165, 1.54) is 11.4 Å². The van der Waals surface area contributed by atoms with Crippen molar-refractivity contribution in [3.05, 3.63) is 16.6 Å². The van der Waals surface area contributed by atoms with Gasteiger partial charge >= 0.3 is 0 Å². The van der Waals surface area contributed by atoms with E-state index in [-0.39, 0.29) is 0 Å². The van der Waals surface area contributed by atoms with E-state index < -0.39 is 0 Å². The fraction of sp³-hybridized carbons (Fsp3) is 0.727. The van der Waals surface area contributed by atoms with Gasteiger partial charge in [-0.25, -0.2) is 4.98 Å². The van der Waals surface area contributed by atoms with Gasteiger partial charge in [-0.15, -0.1) is 11.3 Å². The van der Waals surface area contributed by atoms with Gasteiger partial charge in [0, 0.05) is 30.6 Å². The van der Waals surface area contributed by atoms with Crippen LogP contribution in [0.4, 0.5) is 0 Å². The molecule has 1 fully saturated rings. The lowest BCUT2D eigenvalue weighted by Gasteiger charge is -2.24. The van der Waals surface area contributed by atoms with Gasteiger partial charge in [0.05, 0.1) is 11.1 Å². The van der Waals surface area contributed by atoms with Crippen LogP contribution in [0.15, 0.2) is 11.6 Å². The first-order valence-corrected chi connectivity index (χ1v) is 6.36. The molecule has 1 aromatic rings. The Morgan fingerprint density at radius 1 is 1.73 bits per heavy atom. The summed E-state index contributed by atoms with van der Waals surface area (Å²) >= 11 is 1.72. The smallest absolute Gasteiger partial charge is 0.0941 e. The molecule has 2 heterocycles. The highest BCUT2D eigenvalue weighted by Gasteiger charge is 2.31. The summed E-state index contributed by atoms with van der Waals surface area (Å²) in [4.78, 5) is 4.32. The van der Waals surface area contributed by atoms with Gasteiger partial charge in [0.1, 0.15) is 0 Å². The molecule has 15 heavy (non-hydrogen) atoms. The van der Waals surface area contributed by atoms with Gasteiger partial charge in [0.25, 0.3) is 0 Å². The molecule has 0 amide bonds. The summed E-state index contributed by atoms with van der Waals surface area (Å²) in [6.07, 6.45) is 4.37. The zero-order chi connectivity index (χ0) is 10.7. The lowest BCUT2D eigenvalue weighted by atomic mass is 9.96. The average Bonchev–Trinajstić information content (AvgIpc) is 2.85. The van der Waals surface area contributed by atoms with Crippen molar-refractivity contribution in [1.29, 1.82) is 0 Å². The zero-order valence-electron chi connectivity index (χ0n) is 9.27. The van der Waals surface area contributed by atoms with Crippen LogP contribution in [0.5, 0.6) is 0 Å². The molecule has 1 saturated heterocycles. The fourth-order valence-electron chi connectivity index (χ4n) is 2.16. The monoisotopic (exact) mass is 226 g/mol. The number of rotatable bonds is 4. The Morgan fingerprint density at radius 3 is 3.13 bits per heavy atom. The molecule has 1 aliphatic rings. The number of ether oxygens (including phenoxy) is 1. The van der Waals surface area contributed by atoms with Crippen molar-refractivity contribution in [3.8, 4) is 0 Å². The molecule has 0 saturated carbocycles. The van der Waals surface area contributed by atoms with Crippen LogP contribution in [0.3, 0.4) is 0 Å². The molecule has 1 N–H and O–H groups in total. The molecule has 3 unspecified atom stereocenters. The number of likely N-dealkylation sites (N-methyl/N-ethyl adjacent to an activating group) is 1. The highest BCUT2D eigenvalue weighted by molar-refractivity contribution is 7.09. The van der Waals surface area contributed by atoms with Crippen molar-refractivity contribution in [2.75, 3.05) is 13.7 Å². The van der Waals surface area contributed by atoms with Crippen molar-refractivity contribution in [1.82, 2.24) is 10.3 Å². The summed E-state index contributed by atoms with van der Waals surface area (Å²) in [5.41, 5.74) is 0.